The van der Waals surface area contributed by atoms with Crippen LogP contribution in [-0.2, 0) is 0 Å². The minimum atomic E-state index is -0.183. The smallest absolute Gasteiger partial charge is 0.267 e. The molecule has 3 N–H and O–H groups in total. The van der Waals surface area contributed by atoms with Gasteiger partial charge in [-0.25, -0.2) is 0 Å². The molecule has 66 valence electrons. The highest BCUT2D eigenvalue weighted by Gasteiger charge is 2.05. The molecule has 0 aliphatic rings. The highest BCUT2D eigenvalue weighted by molar-refractivity contribution is 5.92. The van der Waals surface area contributed by atoms with E-state index in [1.54, 1.807) is 0 Å². The lowest BCUT2D eigenvalue weighted by molar-refractivity contribution is 0.0949. The van der Waals surface area contributed by atoms with E-state index in [-0.39, 0.29) is 11.7 Å². The number of nitrogens with one attached hydrogen (secondary N) is 2. The van der Waals surface area contributed by atoms with Crippen molar-refractivity contribution in [3.8, 4) is 5.75 Å². The van der Waals surface area contributed by atoms with E-state index in [1.807, 2.05) is 6.92 Å². The van der Waals surface area contributed by atoms with Crippen LogP contribution in [0.3, 0.4) is 0 Å². The molecule has 0 saturated carbocycles. The molecule has 0 saturated heterocycles. The van der Waals surface area contributed by atoms with Crippen LogP contribution in [0.25, 0.3) is 0 Å². The van der Waals surface area contributed by atoms with Crippen LogP contribution >= 0.6 is 0 Å². The third-order valence-corrected chi connectivity index (χ3v) is 1.45. The molecule has 0 aliphatic heterocycles. The molecule has 12 heavy (non-hydrogen) atoms. The fourth-order valence-electron chi connectivity index (χ4n) is 0.848. The summed E-state index contributed by atoms with van der Waals surface area (Å²) in [7, 11) is 0. The standard InChI is InChI=1S/C8H12N2O2/c1-2-3-9-8(12)7-4-6(11)5-10-7/h4-5,10-11H,2-3H2,1H3,(H,9,12). The zero-order valence-corrected chi connectivity index (χ0v) is 6.92. The van der Waals surface area contributed by atoms with Crippen LogP contribution in [0.4, 0.5) is 0 Å². The molecule has 0 aromatic carbocycles. The lowest BCUT2D eigenvalue weighted by atomic mass is 10.4. The van der Waals surface area contributed by atoms with E-state index in [0.29, 0.717) is 12.2 Å². The second-order valence-corrected chi connectivity index (χ2v) is 2.53. The maximum Gasteiger partial charge on any atom is 0.267 e. The first-order valence-corrected chi connectivity index (χ1v) is 3.89. The third kappa shape index (κ3) is 2.02. The summed E-state index contributed by atoms with van der Waals surface area (Å²) in [6, 6.07) is 1.39. The number of aromatic hydroxyl groups is 1. The number of hydrogen-bond acceptors (Lipinski definition) is 2. The molecule has 1 aromatic heterocycles. The van der Waals surface area contributed by atoms with Gasteiger partial charge in [0.1, 0.15) is 11.4 Å². The van der Waals surface area contributed by atoms with E-state index in [1.165, 1.54) is 12.3 Å². The third-order valence-electron chi connectivity index (χ3n) is 1.45. The summed E-state index contributed by atoms with van der Waals surface area (Å²) in [4.78, 5) is 13.8. The second-order valence-electron chi connectivity index (χ2n) is 2.53. The number of aromatic nitrogens is 1. The van der Waals surface area contributed by atoms with Crippen molar-refractivity contribution in [3.05, 3.63) is 18.0 Å². The Morgan fingerprint density at radius 1 is 1.75 bits per heavy atom. The average molecular weight is 168 g/mol. The van der Waals surface area contributed by atoms with Crippen molar-refractivity contribution in [1.29, 1.82) is 0 Å². The Balaban J connectivity index is 2.53. The van der Waals surface area contributed by atoms with Gasteiger partial charge in [-0.15, -0.1) is 0 Å². The maximum atomic E-state index is 11.2. The predicted octanol–water partition coefficient (Wildman–Crippen LogP) is 0.860. The highest BCUT2D eigenvalue weighted by Crippen LogP contribution is 2.08. The number of rotatable bonds is 3. The summed E-state index contributed by atoms with van der Waals surface area (Å²) >= 11 is 0. The molecule has 4 nitrogen and oxygen atoms in total. The van der Waals surface area contributed by atoms with Gasteiger partial charge < -0.3 is 15.4 Å². The molecule has 0 bridgehead atoms. The zero-order chi connectivity index (χ0) is 8.97. The van der Waals surface area contributed by atoms with E-state index in [0.717, 1.165) is 6.42 Å². The van der Waals surface area contributed by atoms with Gasteiger partial charge in [-0.3, -0.25) is 4.79 Å². The van der Waals surface area contributed by atoms with Crippen molar-refractivity contribution in [1.82, 2.24) is 10.3 Å². The first-order valence-electron chi connectivity index (χ1n) is 3.89. The normalized spacial score (nSPS) is 9.75. The van der Waals surface area contributed by atoms with Crippen molar-refractivity contribution in [2.75, 3.05) is 6.54 Å². The number of carbonyl (C=O) groups is 1. The minimum Gasteiger partial charge on any atom is -0.506 e. The quantitative estimate of drug-likeness (QED) is 0.626. The number of hydrogen-bond donors (Lipinski definition) is 3. The molecule has 0 aliphatic carbocycles. The van der Waals surface area contributed by atoms with Crippen LogP contribution in [-0.4, -0.2) is 22.5 Å². The summed E-state index contributed by atoms with van der Waals surface area (Å²) in [5.74, 6) is -0.103. The Morgan fingerprint density at radius 2 is 2.50 bits per heavy atom. The van der Waals surface area contributed by atoms with Gasteiger partial charge in [-0.05, 0) is 6.42 Å². The van der Waals surface area contributed by atoms with Crippen molar-refractivity contribution < 1.29 is 9.90 Å². The molecule has 0 unspecified atom stereocenters. The van der Waals surface area contributed by atoms with Gasteiger partial charge in [0, 0.05) is 18.8 Å². The Hall–Kier alpha value is -1.45. The van der Waals surface area contributed by atoms with Crippen molar-refractivity contribution in [3.63, 3.8) is 0 Å². The number of carbonyl (C=O) groups excluding carboxylic acids is 1. The summed E-state index contributed by atoms with van der Waals surface area (Å²) in [6.45, 7) is 2.63. The maximum absolute atomic E-state index is 11.2. The molecule has 1 heterocycles. The van der Waals surface area contributed by atoms with Crippen LogP contribution in [0.15, 0.2) is 12.3 Å². The Bertz CT molecular complexity index is 268. The first-order chi connectivity index (χ1) is 5.74. The van der Waals surface area contributed by atoms with E-state index < -0.39 is 0 Å². The second kappa shape index (κ2) is 3.80. The molecule has 1 aromatic rings. The topological polar surface area (TPSA) is 65.1 Å². The Morgan fingerprint density at radius 3 is 3.00 bits per heavy atom. The molecule has 0 atom stereocenters. The van der Waals surface area contributed by atoms with E-state index in [9.17, 15) is 4.79 Å². The molecule has 0 radical (unpaired) electrons. The molecule has 0 spiro atoms. The minimum absolute atomic E-state index is 0.0802. The summed E-state index contributed by atoms with van der Waals surface area (Å²) in [5.41, 5.74) is 0.390. The number of H-pyrrole nitrogens is 1. The van der Waals surface area contributed by atoms with Gasteiger partial charge in [0.2, 0.25) is 0 Å². The monoisotopic (exact) mass is 168 g/mol. The molecule has 0 fully saturated rings. The van der Waals surface area contributed by atoms with Crippen LogP contribution in [0.1, 0.15) is 23.8 Å². The Kier molecular flexibility index (Phi) is 2.74. The fraction of sp³-hybridized carbons (Fsp3) is 0.375. The largest absolute Gasteiger partial charge is 0.506 e. The van der Waals surface area contributed by atoms with E-state index in [4.69, 9.17) is 5.11 Å². The predicted molar refractivity (Wildman–Crippen MR) is 45.1 cm³/mol. The lowest BCUT2D eigenvalue weighted by Crippen LogP contribution is -2.24. The molecular weight excluding hydrogens is 156 g/mol. The Labute approximate surface area is 70.6 Å². The lowest BCUT2D eigenvalue weighted by Gasteiger charge is -1.99. The van der Waals surface area contributed by atoms with Crippen molar-refractivity contribution >= 4 is 5.91 Å². The van der Waals surface area contributed by atoms with Gasteiger partial charge in [-0.2, -0.15) is 0 Å². The summed E-state index contributed by atoms with van der Waals surface area (Å²) < 4.78 is 0. The summed E-state index contributed by atoms with van der Waals surface area (Å²) in [6.07, 6.45) is 2.28. The molecule has 1 amide bonds. The van der Waals surface area contributed by atoms with Crippen LogP contribution in [0.5, 0.6) is 5.75 Å². The molecule has 1 rings (SSSR count). The zero-order valence-electron chi connectivity index (χ0n) is 6.92. The highest BCUT2D eigenvalue weighted by atomic mass is 16.3. The van der Waals surface area contributed by atoms with Gasteiger partial charge in [0.05, 0.1) is 0 Å². The van der Waals surface area contributed by atoms with Gasteiger partial charge >= 0.3 is 0 Å². The van der Waals surface area contributed by atoms with Crippen LogP contribution < -0.4 is 5.32 Å². The van der Waals surface area contributed by atoms with Crippen LogP contribution in [0, 0.1) is 0 Å². The van der Waals surface area contributed by atoms with Gasteiger partial charge in [0.25, 0.3) is 5.91 Å². The average Bonchev–Trinajstić information content (AvgIpc) is 2.47. The molecular formula is C8H12N2O2. The first kappa shape index (κ1) is 8.64. The SMILES string of the molecule is CCCNC(=O)c1cc(O)c[nH]1. The van der Waals surface area contributed by atoms with Crippen LogP contribution in [0.2, 0.25) is 0 Å². The van der Waals surface area contributed by atoms with E-state index >= 15 is 0 Å². The molecule has 4 heteroatoms. The summed E-state index contributed by atoms with van der Waals surface area (Å²) in [5, 5.41) is 11.6. The number of aromatic amines is 1. The number of amides is 1. The van der Waals surface area contributed by atoms with E-state index in [2.05, 4.69) is 10.3 Å². The van der Waals surface area contributed by atoms with Crippen molar-refractivity contribution in [2.45, 2.75) is 13.3 Å². The van der Waals surface area contributed by atoms with Gasteiger partial charge in [-0.1, -0.05) is 6.92 Å². The van der Waals surface area contributed by atoms with Crippen molar-refractivity contribution in [2.24, 2.45) is 0 Å². The van der Waals surface area contributed by atoms with Gasteiger partial charge in [0.15, 0.2) is 0 Å². The fourth-order valence-corrected chi connectivity index (χ4v) is 0.848.